The number of unbranched alkanes of at least 4 members (excludes halogenated alkanes) is 30. The number of aromatic carboxylic acids is 1. The Morgan fingerprint density at radius 1 is 0.412 bits per heavy atom. The molecule has 0 saturated heterocycles. The number of esters is 2. The van der Waals surface area contributed by atoms with Crippen molar-refractivity contribution < 1.29 is 29.0 Å². The number of rotatable bonds is 37. The van der Waals surface area contributed by atoms with Crippen LogP contribution in [0.2, 0.25) is 0 Å². The number of hydrogen-bond acceptors (Lipinski definition) is 5. The monoisotopic (exact) mass is 715 g/mol. The van der Waals surface area contributed by atoms with Gasteiger partial charge >= 0.3 is 17.9 Å². The third kappa shape index (κ3) is 27.0. The second-order valence-corrected chi connectivity index (χ2v) is 14.9. The van der Waals surface area contributed by atoms with E-state index in [0.29, 0.717) is 6.61 Å². The SMILES string of the molecule is CCCCCCCCCCCCCCCCCCOC(=O)c1ccc(C(=O)OCCCCCCCCCCCCCCCCCC)c(C(=O)O)c1. The van der Waals surface area contributed by atoms with Gasteiger partial charge in [-0.2, -0.15) is 0 Å². The fourth-order valence-electron chi connectivity index (χ4n) is 6.82. The normalized spacial score (nSPS) is 11.2. The highest BCUT2D eigenvalue weighted by atomic mass is 16.5. The summed E-state index contributed by atoms with van der Waals surface area (Å²) in [6.07, 6.45) is 40.8. The number of benzene rings is 1. The molecule has 0 atom stereocenters. The quantitative estimate of drug-likeness (QED) is 0.0545. The van der Waals surface area contributed by atoms with Crippen molar-refractivity contribution in [3.8, 4) is 0 Å². The highest BCUT2D eigenvalue weighted by Gasteiger charge is 2.21. The molecular weight excluding hydrogens is 636 g/mol. The lowest BCUT2D eigenvalue weighted by Gasteiger charge is -2.10. The lowest BCUT2D eigenvalue weighted by Crippen LogP contribution is -2.15. The molecule has 0 spiro atoms. The predicted molar refractivity (Wildman–Crippen MR) is 213 cm³/mol. The summed E-state index contributed by atoms with van der Waals surface area (Å²) in [5.74, 6) is -2.50. The van der Waals surface area contributed by atoms with E-state index in [1.54, 1.807) is 0 Å². The molecular formula is C45H78O6. The zero-order valence-electron chi connectivity index (χ0n) is 33.3. The molecule has 0 saturated carbocycles. The lowest BCUT2D eigenvalue weighted by molar-refractivity contribution is 0.0477. The van der Waals surface area contributed by atoms with E-state index in [1.165, 1.54) is 185 Å². The van der Waals surface area contributed by atoms with Crippen molar-refractivity contribution >= 4 is 17.9 Å². The first-order chi connectivity index (χ1) is 25.0. The molecule has 6 heteroatoms. The second-order valence-electron chi connectivity index (χ2n) is 14.9. The van der Waals surface area contributed by atoms with E-state index >= 15 is 0 Å². The van der Waals surface area contributed by atoms with Crippen LogP contribution in [0.15, 0.2) is 18.2 Å². The summed E-state index contributed by atoms with van der Waals surface area (Å²) in [4.78, 5) is 37.1. The summed E-state index contributed by atoms with van der Waals surface area (Å²) in [6, 6.07) is 4.04. The van der Waals surface area contributed by atoms with E-state index in [0.717, 1.165) is 38.5 Å². The standard InChI is InChI=1S/C45H78O6/c1-3-5-7-9-11-13-15-17-19-21-23-25-27-29-31-33-37-50-44(48)40-35-36-41(42(39-40)43(46)47)45(49)51-38-34-32-30-28-26-24-22-20-18-16-14-12-10-8-6-4-2/h35-36,39H,3-34,37-38H2,1-2H3,(H,46,47). The number of carboxylic acid groups (broad SMARTS) is 1. The van der Waals surface area contributed by atoms with Gasteiger partial charge in [-0.25, -0.2) is 14.4 Å². The van der Waals surface area contributed by atoms with Gasteiger partial charge in [0.25, 0.3) is 0 Å². The van der Waals surface area contributed by atoms with E-state index in [9.17, 15) is 19.5 Å². The highest BCUT2D eigenvalue weighted by Crippen LogP contribution is 2.18. The number of carbonyl (C=O) groups is 3. The molecule has 51 heavy (non-hydrogen) atoms. The molecule has 0 amide bonds. The Kier molecular flexibility index (Phi) is 31.7. The highest BCUT2D eigenvalue weighted by molar-refractivity contribution is 6.04. The predicted octanol–water partition coefficient (Wildman–Crippen LogP) is 14.2. The van der Waals surface area contributed by atoms with Gasteiger partial charge in [0.15, 0.2) is 0 Å². The Labute approximate surface area is 313 Å². The van der Waals surface area contributed by atoms with Crippen molar-refractivity contribution in [3.63, 3.8) is 0 Å². The van der Waals surface area contributed by atoms with Gasteiger partial charge in [-0.05, 0) is 31.0 Å². The third-order valence-electron chi connectivity index (χ3n) is 10.2. The number of carboxylic acids is 1. The number of hydrogen-bond donors (Lipinski definition) is 1. The van der Waals surface area contributed by atoms with Crippen molar-refractivity contribution in [2.24, 2.45) is 0 Å². The van der Waals surface area contributed by atoms with Crippen LogP contribution in [-0.2, 0) is 9.47 Å². The van der Waals surface area contributed by atoms with E-state index in [4.69, 9.17) is 9.47 Å². The molecule has 0 unspecified atom stereocenters. The Bertz CT molecular complexity index is 989. The first-order valence-corrected chi connectivity index (χ1v) is 21.7. The molecule has 0 aliphatic rings. The van der Waals surface area contributed by atoms with Crippen LogP contribution in [-0.4, -0.2) is 36.2 Å². The Hall–Kier alpha value is -2.37. The Morgan fingerprint density at radius 3 is 1.02 bits per heavy atom. The van der Waals surface area contributed by atoms with E-state index in [1.807, 2.05) is 0 Å². The van der Waals surface area contributed by atoms with Gasteiger partial charge in [-0.3, -0.25) is 0 Å². The van der Waals surface area contributed by atoms with Crippen LogP contribution >= 0.6 is 0 Å². The average molecular weight is 715 g/mol. The molecule has 0 aliphatic heterocycles. The molecule has 0 fully saturated rings. The fraction of sp³-hybridized carbons (Fsp3) is 0.800. The van der Waals surface area contributed by atoms with E-state index in [2.05, 4.69) is 13.8 Å². The summed E-state index contributed by atoms with van der Waals surface area (Å²) in [5, 5.41) is 9.71. The van der Waals surface area contributed by atoms with Crippen LogP contribution in [0.25, 0.3) is 0 Å². The van der Waals surface area contributed by atoms with Gasteiger partial charge in [0.1, 0.15) is 0 Å². The molecule has 0 heterocycles. The summed E-state index contributed by atoms with van der Waals surface area (Å²) >= 11 is 0. The number of carbonyl (C=O) groups excluding carboxylic acids is 2. The lowest BCUT2D eigenvalue weighted by atomic mass is 10.0. The van der Waals surface area contributed by atoms with Crippen LogP contribution in [0.5, 0.6) is 0 Å². The van der Waals surface area contributed by atoms with Gasteiger partial charge < -0.3 is 14.6 Å². The van der Waals surface area contributed by atoms with Crippen LogP contribution < -0.4 is 0 Å². The molecule has 1 aromatic rings. The molecule has 6 nitrogen and oxygen atoms in total. The van der Waals surface area contributed by atoms with Gasteiger partial charge in [0, 0.05) is 0 Å². The zero-order chi connectivity index (χ0) is 37.0. The largest absolute Gasteiger partial charge is 0.478 e. The molecule has 0 aromatic heterocycles. The second kappa shape index (κ2) is 34.7. The van der Waals surface area contributed by atoms with Crippen molar-refractivity contribution in [2.75, 3.05) is 13.2 Å². The molecule has 1 rings (SSSR count). The fourth-order valence-corrected chi connectivity index (χ4v) is 6.82. The molecule has 0 bridgehead atoms. The molecule has 1 aromatic carbocycles. The summed E-state index contributed by atoms with van der Waals surface area (Å²) in [6.45, 7) is 5.10. The summed E-state index contributed by atoms with van der Waals surface area (Å²) in [7, 11) is 0. The summed E-state index contributed by atoms with van der Waals surface area (Å²) in [5.41, 5.74) is -0.129. The van der Waals surface area contributed by atoms with Crippen molar-refractivity contribution in [1.82, 2.24) is 0 Å². The first kappa shape index (κ1) is 46.7. The maximum Gasteiger partial charge on any atom is 0.339 e. The van der Waals surface area contributed by atoms with Gasteiger partial charge in [-0.1, -0.05) is 206 Å². The minimum absolute atomic E-state index is 0.0339. The van der Waals surface area contributed by atoms with Crippen LogP contribution in [0.4, 0.5) is 0 Å². The van der Waals surface area contributed by atoms with Crippen LogP contribution in [0, 0.1) is 0 Å². The van der Waals surface area contributed by atoms with Gasteiger partial charge in [0.05, 0.1) is 29.9 Å². The van der Waals surface area contributed by atoms with Crippen LogP contribution in [0.3, 0.4) is 0 Å². The molecule has 0 radical (unpaired) electrons. The molecule has 0 aliphatic carbocycles. The van der Waals surface area contributed by atoms with Crippen LogP contribution in [0.1, 0.15) is 250 Å². The molecule has 1 N–H and O–H groups in total. The third-order valence-corrected chi connectivity index (χ3v) is 10.2. The van der Waals surface area contributed by atoms with Gasteiger partial charge in [0.2, 0.25) is 0 Å². The first-order valence-electron chi connectivity index (χ1n) is 21.7. The summed E-state index contributed by atoms with van der Waals surface area (Å²) < 4.78 is 10.8. The topological polar surface area (TPSA) is 89.9 Å². The van der Waals surface area contributed by atoms with E-state index < -0.39 is 17.9 Å². The van der Waals surface area contributed by atoms with Crippen molar-refractivity contribution in [1.29, 1.82) is 0 Å². The molecule has 294 valence electrons. The number of ether oxygens (including phenoxy) is 2. The minimum Gasteiger partial charge on any atom is -0.478 e. The minimum atomic E-state index is -1.27. The smallest absolute Gasteiger partial charge is 0.339 e. The zero-order valence-corrected chi connectivity index (χ0v) is 33.3. The van der Waals surface area contributed by atoms with Gasteiger partial charge in [-0.15, -0.1) is 0 Å². The Balaban J connectivity index is 2.09. The Morgan fingerprint density at radius 2 is 0.706 bits per heavy atom. The maximum atomic E-state index is 12.7. The van der Waals surface area contributed by atoms with Crippen molar-refractivity contribution in [2.45, 2.75) is 219 Å². The van der Waals surface area contributed by atoms with E-state index in [-0.39, 0.29) is 23.3 Å². The average Bonchev–Trinajstić information content (AvgIpc) is 3.13. The maximum absolute atomic E-state index is 12.7. The van der Waals surface area contributed by atoms with Crippen molar-refractivity contribution in [3.05, 3.63) is 34.9 Å².